The van der Waals surface area contributed by atoms with Gasteiger partial charge in [-0.2, -0.15) is 0 Å². The molecule has 5 nitrogen and oxygen atoms in total. The van der Waals surface area contributed by atoms with Gasteiger partial charge in [-0.1, -0.05) is 49.3 Å². The van der Waals surface area contributed by atoms with Gasteiger partial charge in [0.05, 0.1) is 25.2 Å². The highest BCUT2D eigenvalue weighted by Crippen LogP contribution is 2.43. The number of hydrogen-bond donors (Lipinski definition) is 1. The Morgan fingerprint density at radius 1 is 1.03 bits per heavy atom. The molecule has 6 heteroatoms. The van der Waals surface area contributed by atoms with E-state index in [0.29, 0.717) is 12.1 Å². The first-order valence-electron chi connectivity index (χ1n) is 12.1. The van der Waals surface area contributed by atoms with Gasteiger partial charge in [-0.3, -0.25) is 9.59 Å². The van der Waals surface area contributed by atoms with Gasteiger partial charge in [0, 0.05) is 29.5 Å². The minimum Gasteiger partial charge on any atom is -0.394 e. The van der Waals surface area contributed by atoms with Crippen molar-refractivity contribution in [1.29, 1.82) is 0 Å². The Bertz CT molecular complexity index is 1130. The highest BCUT2D eigenvalue weighted by atomic mass is 19.1. The number of rotatable bonds is 3. The van der Waals surface area contributed by atoms with Crippen LogP contribution >= 0.6 is 0 Å². The normalized spacial score (nSPS) is 24.6. The van der Waals surface area contributed by atoms with Crippen molar-refractivity contribution in [2.75, 3.05) is 19.7 Å². The zero-order valence-electron chi connectivity index (χ0n) is 19.1. The highest BCUT2D eigenvalue weighted by Gasteiger charge is 2.54. The minimum atomic E-state index is -0.315. The molecule has 1 aliphatic carbocycles. The van der Waals surface area contributed by atoms with Gasteiger partial charge in [0.25, 0.3) is 0 Å². The summed E-state index contributed by atoms with van der Waals surface area (Å²) in [7, 11) is 0. The Labute approximate surface area is 199 Å². The third kappa shape index (κ3) is 4.33. The van der Waals surface area contributed by atoms with E-state index in [1.807, 2.05) is 24.3 Å². The lowest BCUT2D eigenvalue weighted by Crippen LogP contribution is -2.73. The summed E-state index contributed by atoms with van der Waals surface area (Å²) < 4.78 is 13.4. The quantitative estimate of drug-likeness (QED) is 0.715. The van der Waals surface area contributed by atoms with Crippen molar-refractivity contribution in [3.8, 4) is 11.8 Å². The lowest BCUT2D eigenvalue weighted by atomic mass is 9.73. The number of nitrogens with zero attached hydrogens (tertiary/aromatic N) is 2. The predicted molar refractivity (Wildman–Crippen MR) is 126 cm³/mol. The van der Waals surface area contributed by atoms with E-state index >= 15 is 0 Å². The Morgan fingerprint density at radius 3 is 2.47 bits per heavy atom. The molecule has 3 fully saturated rings. The molecule has 0 unspecified atom stereocenters. The molecule has 2 heterocycles. The Kier molecular flexibility index (Phi) is 6.38. The third-order valence-electron chi connectivity index (χ3n) is 7.49. The number of amides is 2. The smallest absolute Gasteiger partial charge is 0.242 e. The maximum Gasteiger partial charge on any atom is 0.242 e. The van der Waals surface area contributed by atoms with Crippen LogP contribution in [-0.4, -0.2) is 58.5 Å². The summed E-state index contributed by atoms with van der Waals surface area (Å²) in [5.41, 5.74) is 2.44. The summed E-state index contributed by atoms with van der Waals surface area (Å²) in [6.45, 7) is 0.525. The topological polar surface area (TPSA) is 60.9 Å². The fraction of sp³-hybridized carbons (Fsp3) is 0.429. The van der Waals surface area contributed by atoms with Crippen LogP contribution in [0.5, 0.6) is 0 Å². The van der Waals surface area contributed by atoms with Crippen molar-refractivity contribution in [2.24, 2.45) is 5.92 Å². The molecule has 176 valence electrons. The Hall–Kier alpha value is -3.17. The molecule has 2 aliphatic heterocycles. The van der Waals surface area contributed by atoms with Gasteiger partial charge in [0.1, 0.15) is 5.82 Å². The zero-order chi connectivity index (χ0) is 23.7. The standard InChI is InChI=1S/C28H29FN2O3/c29-23-8-4-5-20(15-23)10-9-19-11-13-21(14-12-19)27-24-16-30(17-26(33)31(24)25(27)18-32)28(34)22-6-2-1-3-7-22/h4-5,8,11-15,22,24-25,27,32H,1-3,6-7,16-18H2/t24-,25+,27-/m0/s1. The van der Waals surface area contributed by atoms with Gasteiger partial charge in [-0.15, -0.1) is 0 Å². The average molecular weight is 461 g/mol. The second kappa shape index (κ2) is 9.60. The van der Waals surface area contributed by atoms with Crippen LogP contribution < -0.4 is 0 Å². The summed E-state index contributed by atoms with van der Waals surface area (Å²) in [4.78, 5) is 29.5. The second-order valence-corrected chi connectivity index (χ2v) is 9.58. The Morgan fingerprint density at radius 2 is 1.76 bits per heavy atom. The maximum atomic E-state index is 13.4. The summed E-state index contributed by atoms with van der Waals surface area (Å²) in [6, 6.07) is 13.6. The fourth-order valence-corrected chi connectivity index (χ4v) is 5.77. The maximum absolute atomic E-state index is 13.4. The summed E-state index contributed by atoms with van der Waals surface area (Å²) in [6.07, 6.45) is 5.17. The molecule has 2 saturated heterocycles. The van der Waals surface area contributed by atoms with E-state index in [9.17, 15) is 19.1 Å². The summed E-state index contributed by atoms with van der Waals surface area (Å²) in [5.74, 6) is 5.76. The van der Waals surface area contributed by atoms with Gasteiger partial charge in [-0.25, -0.2) is 4.39 Å². The Balaban J connectivity index is 1.32. The number of piperazine rings is 1. The zero-order valence-corrected chi connectivity index (χ0v) is 19.1. The van der Waals surface area contributed by atoms with Crippen LogP contribution in [0.4, 0.5) is 4.39 Å². The first kappa shape index (κ1) is 22.6. The van der Waals surface area contributed by atoms with E-state index in [0.717, 1.165) is 36.8 Å². The number of carbonyl (C=O) groups excluding carboxylic acids is 2. The van der Waals surface area contributed by atoms with Crippen molar-refractivity contribution in [3.05, 3.63) is 71.0 Å². The summed E-state index contributed by atoms with van der Waals surface area (Å²) >= 11 is 0. The molecule has 2 aromatic rings. The van der Waals surface area contributed by atoms with E-state index < -0.39 is 0 Å². The molecule has 2 aromatic carbocycles. The molecule has 0 bridgehead atoms. The molecule has 0 aromatic heterocycles. The number of carbonyl (C=O) groups is 2. The number of halogens is 1. The largest absolute Gasteiger partial charge is 0.394 e. The molecule has 2 amide bonds. The number of benzene rings is 2. The van der Waals surface area contributed by atoms with E-state index in [4.69, 9.17) is 0 Å². The summed E-state index contributed by atoms with van der Waals surface area (Å²) in [5, 5.41) is 10.0. The van der Waals surface area contributed by atoms with Crippen LogP contribution in [-0.2, 0) is 9.59 Å². The average Bonchev–Trinajstić information content (AvgIpc) is 2.85. The molecule has 3 atom stereocenters. The molecular weight excluding hydrogens is 431 g/mol. The molecule has 1 saturated carbocycles. The van der Waals surface area contributed by atoms with Crippen LogP contribution in [0.15, 0.2) is 48.5 Å². The third-order valence-corrected chi connectivity index (χ3v) is 7.49. The first-order chi connectivity index (χ1) is 16.5. The minimum absolute atomic E-state index is 0.0267. The SMILES string of the molecule is O=C(C1CCCCC1)N1CC(=O)N2[C@H](CO)[C@@H](c3ccc(C#Cc4cccc(F)c4)cc3)[C@@H]2C1. The van der Waals surface area contributed by atoms with Crippen LogP contribution in [0.25, 0.3) is 0 Å². The van der Waals surface area contributed by atoms with Gasteiger partial charge < -0.3 is 14.9 Å². The van der Waals surface area contributed by atoms with Crippen LogP contribution in [0.2, 0.25) is 0 Å². The first-order valence-corrected chi connectivity index (χ1v) is 12.1. The number of hydrogen-bond acceptors (Lipinski definition) is 3. The number of aliphatic hydroxyl groups excluding tert-OH is 1. The molecule has 3 aliphatic rings. The van der Waals surface area contributed by atoms with Crippen LogP contribution in [0.1, 0.15) is 54.7 Å². The van der Waals surface area contributed by atoms with Gasteiger partial charge in [-0.05, 0) is 48.7 Å². The molecule has 0 radical (unpaired) electrons. The van der Waals surface area contributed by atoms with Crippen molar-refractivity contribution >= 4 is 11.8 Å². The van der Waals surface area contributed by atoms with Gasteiger partial charge in [0.15, 0.2) is 0 Å². The molecular formula is C28H29FN2O3. The number of aliphatic hydroxyl groups is 1. The molecule has 34 heavy (non-hydrogen) atoms. The fourth-order valence-electron chi connectivity index (χ4n) is 5.77. The van der Waals surface area contributed by atoms with E-state index in [2.05, 4.69) is 11.8 Å². The monoisotopic (exact) mass is 460 g/mol. The van der Waals surface area contributed by atoms with E-state index in [1.165, 1.54) is 18.6 Å². The van der Waals surface area contributed by atoms with E-state index in [1.54, 1.807) is 21.9 Å². The van der Waals surface area contributed by atoms with Crippen molar-refractivity contribution in [2.45, 2.75) is 50.1 Å². The van der Waals surface area contributed by atoms with Crippen molar-refractivity contribution < 1.29 is 19.1 Å². The lowest BCUT2D eigenvalue weighted by molar-refractivity contribution is -0.168. The molecule has 0 spiro atoms. The van der Waals surface area contributed by atoms with Crippen LogP contribution in [0, 0.1) is 23.6 Å². The van der Waals surface area contributed by atoms with Crippen molar-refractivity contribution in [1.82, 2.24) is 9.80 Å². The van der Waals surface area contributed by atoms with E-state index in [-0.39, 0.29) is 54.7 Å². The second-order valence-electron chi connectivity index (χ2n) is 9.58. The molecule has 5 rings (SSSR count). The lowest BCUT2D eigenvalue weighted by Gasteiger charge is -2.59. The predicted octanol–water partition coefficient (Wildman–Crippen LogP) is 3.30. The van der Waals surface area contributed by atoms with Crippen molar-refractivity contribution in [3.63, 3.8) is 0 Å². The number of fused-ring (bicyclic) bond motifs is 1. The van der Waals surface area contributed by atoms with Gasteiger partial charge >= 0.3 is 0 Å². The highest BCUT2D eigenvalue weighted by molar-refractivity contribution is 5.88. The van der Waals surface area contributed by atoms with Gasteiger partial charge in [0.2, 0.25) is 11.8 Å². The molecule has 1 N–H and O–H groups in total. The van der Waals surface area contributed by atoms with Crippen LogP contribution in [0.3, 0.4) is 0 Å².